The molecule has 1 heterocycles. The van der Waals surface area contributed by atoms with Crippen LogP contribution in [-0.2, 0) is 6.54 Å². The zero-order valence-corrected chi connectivity index (χ0v) is 13.5. The molecule has 1 saturated carbocycles. The van der Waals surface area contributed by atoms with Crippen molar-refractivity contribution in [1.82, 2.24) is 9.88 Å². The van der Waals surface area contributed by atoms with Crippen molar-refractivity contribution in [3.8, 4) is 0 Å². The highest BCUT2D eigenvalue weighted by Crippen LogP contribution is 2.46. The second-order valence-electron chi connectivity index (χ2n) is 6.54. The van der Waals surface area contributed by atoms with E-state index in [1.807, 2.05) is 0 Å². The summed E-state index contributed by atoms with van der Waals surface area (Å²) in [6.45, 7) is 8.46. The van der Waals surface area contributed by atoms with Crippen LogP contribution in [0.25, 0.3) is 0 Å². The lowest BCUT2D eigenvalue weighted by Gasteiger charge is -2.55. The number of nitrogens with two attached hydrogens (primary N) is 1. The van der Waals surface area contributed by atoms with Crippen molar-refractivity contribution in [2.75, 3.05) is 13.6 Å². The van der Waals surface area contributed by atoms with Gasteiger partial charge in [-0.25, -0.2) is 4.98 Å². The second kappa shape index (κ2) is 5.51. The smallest absolute Gasteiger partial charge is 0.0897 e. The summed E-state index contributed by atoms with van der Waals surface area (Å²) in [4.78, 5) is 7.05. The molecule has 1 fully saturated rings. The maximum atomic E-state index is 6.21. The molecule has 2 N–H and O–H groups in total. The minimum atomic E-state index is 0.114. The van der Waals surface area contributed by atoms with Crippen molar-refractivity contribution in [3.05, 3.63) is 16.1 Å². The van der Waals surface area contributed by atoms with E-state index in [2.05, 4.69) is 43.1 Å². The molecule has 3 nitrogen and oxygen atoms in total. The molecular formula is C15H27N3S. The van der Waals surface area contributed by atoms with E-state index in [1.165, 1.54) is 31.4 Å². The number of likely N-dealkylation sites (N-methyl/N-ethyl adjacent to an activating group) is 1. The molecule has 1 aliphatic carbocycles. The molecule has 0 spiro atoms. The first-order valence-electron chi connectivity index (χ1n) is 7.24. The summed E-state index contributed by atoms with van der Waals surface area (Å²) in [6.07, 6.45) is 5.10. The van der Waals surface area contributed by atoms with Crippen LogP contribution < -0.4 is 5.73 Å². The van der Waals surface area contributed by atoms with Gasteiger partial charge in [-0.1, -0.05) is 26.7 Å². The van der Waals surface area contributed by atoms with Gasteiger partial charge in [0.1, 0.15) is 0 Å². The van der Waals surface area contributed by atoms with Gasteiger partial charge in [0, 0.05) is 24.0 Å². The number of nitrogens with zero attached hydrogens (tertiary/aromatic N) is 2. The summed E-state index contributed by atoms with van der Waals surface area (Å²) in [5.41, 5.74) is 7.79. The molecule has 1 aromatic heterocycles. The van der Waals surface area contributed by atoms with Gasteiger partial charge in [0.05, 0.1) is 10.7 Å². The highest BCUT2D eigenvalue weighted by molar-refractivity contribution is 7.09. The van der Waals surface area contributed by atoms with Crippen LogP contribution in [0.5, 0.6) is 0 Å². The Balaban J connectivity index is 2.20. The van der Waals surface area contributed by atoms with Gasteiger partial charge in [-0.05, 0) is 32.2 Å². The average Bonchev–Trinajstić information content (AvgIpc) is 2.74. The molecule has 0 saturated heterocycles. The monoisotopic (exact) mass is 281 g/mol. The van der Waals surface area contributed by atoms with Crippen LogP contribution in [0, 0.1) is 12.3 Å². The normalized spacial score (nSPS) is 26.8. The third-order valence-electron chi connectivity index (χ3n) is 5.04. The van der Waals surface area contributed by atoms with Crippen molar-refractivity contribution in [2.45, 2.75) is 58.5 Å². The van der Waals surface area contributed by atoms with Crippen molar-refractivity contribution in [2.24, 2.45) is 11.1 Å². The van der Waals surface area contributed by atoms with Gasteiger partial charge >= 0.3 is 0 Å². The third-order valence-corrected chi connectivity index (χ3v) is 5.86. The van der Waals surface area contributed by atoms with E-state index in [0.717, 1.165) is 18.1 Å². The molecule has 0 bridgehead atoms. The Morgan fingerprint density at radius 1 is 1.37 bits per heavy atom. The van der Waals surface area contributed by atoms with E-state index in [0.29, 0.717) is 0 Å². The van der Waals surface area contributed by atoms with Gasteiger partial charge in [-0.2, -0.15) is 0 Å². The standard InChI is InChI=1S/C15H27N3S/c1-12-17-13(10-19-12)9-18(4)15(11-16)8-6-5-7-14(15,2)3/h10H,5-9,11,16H2,1-4H3. The molecule has 4 heteroatoms. The van der Waals surface area contributed by atoms with E-state index in [4.69, 9.17) is 5.73 Å². The molecule has 0 aliphatic heterocycles. The molecular weight excluding hydrogens is 254 g/mol. The number of aromatic nitrogens is 1. The maximum Gasteiger partial charge on any atom is 0.0897 e. The Morgan fingerprint density at radius 2 is 2.05 bits per heavy atom. The fraction of sp³-hybridized carbons (Fsp3) is 0.800. The topological polar surface area (TPSA) is 42.2 Å². The Bertz CT molecular complexity index is 427. The van der Waals surface area contributed by atoms with Gasteiger partial charge in [0.2, 0.25) is 0 Å². The Kier molecular flexibility index (Phi) is 4.33. The third kappa shape index (κ3) is 2.71. The van der Waals surface area contributed by atoms with Crippen molar-refractivity contribution in [1.29, 1.82) is 0 Å². The van der Waals surface area contributed by atoms with E-state index in [1.54, 1.807) is 11.3 Å². The number of rotatable bonds is 4. The molecule has 19 heavy (non-hydrogen) atoms. The fourth-order valence-corrected chi connectivity index (χ4v) is 4.28. The molecule has 0 amide bonds. The number of aryl methyl sites for hydroxylation is 1. The van der Waals surface area contributed by atoms with Gasteiger partial charge in [-0.3, -0.25) is 4.90 Å². The lowest BCUT2D eigenvalue weighted by atomic mass is 9.62. The van der Waals surface area contributed by atoms with Crippen molar-refractivity contribution < 1.29 is 0 Å². The minimum Gasteiger partial charge on any atom is -0.329 e. The Morgan fingerprint density at radius 3 is 2.58 bits per heavy atom. The fourth-order valence-electron chi connectivity index (χ4n) is 3.67. The largest absolute Gasteiger partial charge is 0.329 e. The van der Waals surface area contributed by atoms with Gasteiger partial charge in [0.25, 0.3) is 0 Å². The summed E-state index contributed by atoms with van der Waals surface area (Å²) in [5.74, 6) is 0. The average molecular weight is 281 g/mol. The van der Waals surface area contributed by atoms with E-state index < -0.39 is 0 Å². The summed E-state index contributed by atoms with van der Waals surface area (Å²) < 4.78 is 0. The highest BCUT2D eigenvalue weighted by atomic mass is 32.1. The summed E-state index contributed by atoms with van der Waals surface area (Å²) in [7, 11) is 2.22. The quantitative estimate of drug-likeness (QED) is 0.921. The van der Waals surface area contributed by atoms with Crippen molar-refractivity contribution in [3.63, 3.8) is 0 Å². The number of hydrogen-bond acceptors (Lipinski definition) is 4. The lowest BCUT2D eigenvalue weighted by Crippen LogP contribution is -2.62. The van der Waals surface area contributed by atoms with Crippen molar-refractivity contribution >= 4 is 11.3 Å². The van der Waals surface area contributed by atoms with E-state index in [9.17, 15) is 0 Å². The first-order chi connectivity index (χ1) is 8.91. The van der Waals surface area contributed by atoms with Gasteiger partial charge in [0.15, 0.2) is 0 Å². The van der Waals surface area contributed by atoms with E-state index in [-0.39, 0.29) is 11.0 Å². The molecule has 2 rings (SSSR count). The molecule has 0 aromatic carbocycles. The molecule has 1 atom stereocenters. The minimum absolute atomic E-state index is 0.114. The molecule has 1 aliphatic rings. The SMILES string of the molecule is Cc1nc(CN(C)C2(CN)CCCCC2(C)C)cs1. The molecule has 1 unspecified atom stereocenters. The van der Waals surface area contributed by atoms with Crippen LogP contribution in [0.3, 0.4) is 0 Å². The first kappa shape index (κ1) is 14.9. The van der Waals surface area contributed by atoms with Crippen LogP contribution >= 0.6 is 11.3 Å². The van der Waals surface area contributed by atoms with Crippen LogP contribution in [0.4, 0.5) is 0 Å². The van der Waals surface area contributed by atoms with Crippen LogP contribution in [0.2, 0.25) is 0 Å². The number of hydrogen-bond donors (Lipinski definition) is 1. The second-order valence-corrected chi connectivity index (χ2v) is 7.60. The summed E-state index contributed by atoms with van der Waals surface area (Å²) in [5, 5.41) is 3.32. The van der Waals surface area contributed by atoms with Gasteiger partial charge in [-0.15, -0.1) is 11.3 Å². The lowest BCUT2D eigenvalue weighted by molar-refractivity contribution is -0.0339. The zero-order chi connectivity index (χ0) is 14.1. The summed E-state index contributed by atoms with van der Waals surface area (Å²) in [6, 6.07) is 0. The molecule has 0 radical (unpaired) electrons. The summed E-state index contributed by atoms with van der Waals surface area (Å²) >= 11 is 1.73. The predicted octanol–water partition coefficient (Wildman–Crippen LogP) is 3.18. The first-order valence-corrected chi connectivity index (χ1v) is 8.11. The highest BCUT2D eigenvalue weighted by Gasteiger charge is 2.48. The van der Waals surface area contributed by atoms with Gasteiger partial charge < -0.3 is 5.73 Å². The van der Waals surface area contributed by atoms with Crippen LogP contribution in [0.15, 0.2) is 5.38 Å². The van der Waals surface area contributed by atoms with E-state index >= 15 is 0 Å². The Labute approximate surface area is 121 Å². The zero-order valence-electron chi connectivity index (χ0n) is 12.7. The molecule has 1 aromatic rings. The molecule has 108 valence electrons. The van der Waals surface area contributed by atoms with Crippen LogP contribution in [0.1, 0.15) is 50.2 Å². The predicted molar refractivity (Wildman–Crippen MR) is 82.4 cm³/mol. The maximum absolute atomic E-state index is 6.21. The Hall–Kier alpha value is -0.450. The number of thiazole rings is 1. The van der Waals surface area contributed by atoms with Crippen LogP contribution in [-0.4, -0.2) is 29.0 Å².